The number of pyridine rings is 1. The number of carbonyl (C=O) groups is 2. The summed E-state index contributed by atoms with van der Waals surface area (Å²) in [5, 5.41) is 20.6. The van der Waals surface area contributed by atoms with Crippen LogP contribution in [0.3, 0.4) is 0 Å². The number of aromatic nitrogens is 1. The predicted molar refractivity (Wildman–Crippen MR) is 123 cm³/mol. The minimum absolute atomic E-state index is 0.137. The summed E-state index contributed by atoms with van der Waals surface area (Å²) in [7, 11) is 0. The molecular formula is C25H41N2O6+. The number of esters is 1. The van der Waals surface area contributed by atoms with E-state index in [-0.39, 0.29) is 18.1 Å². The quantitative estimate of drug-likeness (QED) is 0.196. The lowest BCUT2D eigenvalue weighted by molar-refractivity contribution is -0.765. The molecule has 186 valence electrons. The van der Waals surface area contributed by atoms with Crippen LogP contribution in [0.5, 0.6) is 0 Å². The molecule has 2 rings (SSSR count). The van der Waals surface area contributed by atoms with Gasteiger partial charge in [-0.2, -0.15) is 4.57 Å². The van der Waals surface area contributed by atoms with Gasteiger partial charge in [0.1, 0.15) is 24.4 Å². The topological polar surface area (TPSA) is 123 Å². The van der Waals surface area contributed by atoms with Crippen molar-refractivity contribution in [2.45, 2.75) is 109 Å². The Hall–Kier alpha value is -2.03. The van der Waals surface area contributed by atoms with Crippen LogP contribution in [-0.2, 0) is 14.3 Å². The maximum atomic E-state index is 12.0. The lowest BCUT2D eigenvalue weighted by atomic mass is 10.1. The van der Waals surface area contributed by atoms with Gasteiger partial charge in [-0.05, 0) is 12.5 Å². The molecule has 1 saturated heterocycles. The molecule has 8 nitrogen and oxygen atoms in total. The van der Waals surface area contributed by atoms with Gasteiger partial charge in [0.05, 0.1) is 0 Å². The van der Waals surface area contributed by atoms with Crippen LogP contribution in [0.25, 0.3) is 0 Å². The number of carbonyl (C=O) groups excluding carboxylic acids is 2. The molecule has 1 aliphatic heterocycles. The summed E-state index contributed by atoms with van der Waals surface area (Å²) >= 11 is 0. The van der Waals surface area contributed by atoms with E-state index < -0.39 is 30.4 Å². The fourth-order valence-electron chi connectivity index (χ4n) is 4.09. The van der Waals surface area contributed by atoms with E-state index in [0.29, 0.717) is 6.42 Å². The summed E-state index contributed by atoms with van der Waals surface area (Å²) in [6, 6.07) is 3.15. The molecule has 0 aromatic carbocycles. The number of nitrogens with two attached hydrogens (primary N) is 1. The van der Waals surface area contributed by atoms with Crippen molar-refractivity contribution in [1.29, 1.82) is 0 Å². The Morgan fingerprint density at radius 2 is 1.61 bits per heavy atom. The Bertz CT molecular complexity index is 729. The SMILES string of the molecule is CCCCCCCCCCCCCC(=O)OCC1O[C@@H]([n+]2cccc(C(N)=O)c2)[C@H](O)[C@@H]1O. The number of hydrogen-bond acceptors (Lipinski definition) is 6. The minimum atomic E-state index is -1.23. The molecule has 4 atom stereocenters. The molecule has 0 radical (unpaired) electrons. The number of aliphatic hydroxyl groups is 2. The maximum Gasteiger partial charge on any atom is 0.305 e. The molecule has 0 saturated carbocycles. The van der Waals surface area contributed by atoms with E-state index in [0.717, 1.165) is 19.3 Å². The highest BCUT2D eigenvalue weighted by Crippen LogP contribution is 2.26. The zero-order valence-electron chi connectivity index (χ0n) is 19.9. The first-order valence-electron chi connectivity index (χ1n) is 12.4. The molecule has 0 aliphatic carbocycles. The highest BCUT2D eigenvalue weighted by molar-refractivity contribution is 5.92. The third-order valence-electron chi connectivity index (χ3n) is 6.13. The first kappa shape index (κ1) is 27.2. The van der Waals surface area contributed by atoms with Crippen molar-refractivity contribution in [3.63, 3.8) is 0 Å². The van der Waals surface area contributed by atoms with Crippen LogP contribution in [-0.4, -0.2) is 47.0 Å². The number of nitrogens with zero attached hydrogens (tertiary/aromatic N) is 1. The summed E-state index contributed by atoms with van der Waals surface area (Å²) < 4.78 is 12.4. The van der Waals surface area contributed by atoms with Crippen LogP contribution in [0.1, 0.15) is 101 Å². The van der Waals surface area contributed by atoms with Gasteiger partial charge in [-0.25, -0.2) is 0 Å². The first-order chi connectivity index (χ1) is 15.9. The Morgan fingerprint density at radius 1 is 1.00 bits per heavy atom. The van der Waals surface area contributed by atoms with E-state index in [9.17, 15) is 19.8 Å². The number of aliphatic hydroxyl groups excluding tert-OH is 2. The van der Waals surface area contributed by atoms with Crippen molar-refractivity contribution in [2.75, 3.05) is 6.61 Å². The standard InChI is InChI=1S/C25H40N2O6/c1-2-3-4-5-6-7-8-9-10-11-12-15-21(28)32-18-20-22(29)23(30)25(33-20)27-16-13-14-19(17-27)24(26)31/h13-14,16-17,20,22-23,25,29-30H,2-12,15,18H2,1H3,(H-,26,31)/p+1/t20?,22-,23-,25-/m1/s1. The Labute approximate surface area is 197 Å². The van der Waals surface area contributed by atoms with Gasteiger partial charge >= 0.3 is 5.97 Å². The molecule has 33 heavy (non-hydrogen) atoms. The number of amides is 1. The summed E-state index contributed by atoms with van der Waals surface area (Å²) in [6.07, 6.45) is 12.5. The largest absolute Gasteiger partial charge is 0.463 e. The van der Waals surface area contributed by atoms with Crippen molar-refractivity contribution in [3.8, 4) is 0 Å². The van der Waals surface area contributed by atoms with Crippen LogP contribution in [0.4, 0.5) is 0 Å². The van der Waals surface area contributed by atoms with Gasteiger partial charge in [-0.15, -0.1) is 0 Å². The average molecular weight is 466 g/mol. The first-order valence-corrected chi connectivity index (χ1v) is 12.4. The second-order valence-corrected chi connectivity index (χ2v) is 8.92. The van der Waals surface area contributed by atoms with E-state index in [1.54, 1.807) is 18.3 Å². The molecule has 1 amide bonds. The summed E-state index contributed by atoms with van der Waals surface area (Å²) in [4.78, 5) is 23.4. The molecule has 1 fully saturated rings. The highest BCUT2D eigenvalue weighted by Gasteiger charge is 2.48. The zero-order valence-corrected chi connectivity index (χ0v) is 19.9. The lowest BCUT2D eigenvalue weighted by Crippen LogP contribution is -2.46. The van der Waals surface area contributed by atoms with Crippen LogP contribution >= 0.6 is 0 Å². The molecule has 0 spiro atoms. The van der Waals surface area contributed by atoms with Gasteiger partial charge in [0.2, 0.25) is 0 Å². The van der Waals surface area contributed by atoms with Crippen LogP contribution < -0.4 is 10.3 Å². The lowest BCUT2D eigenvalue weighted by Gasteiger charge is -2.13. The van der Waals surface area contributed by atoms with Gasteiger partial charge in [-0.1, -0.05) is 71.1 Å². The fraction of sp³-hybridized carbons (Fsp3) is 0.720. The van der Waals surface area contributed by atoms with E-state index >= 15 is 0 Å². The number of ether oxygens (including phenoxy) is 2. The molecule has 8 heteroatoms. The summed E-state index contributed by atoms with van der Waals surface area (Å²) in [5.41, 5.74) is 5.54. The fourth-order valence-corrected chi connectivity index (χ4v) is 4.09. The van der Waals surface area contributed by atoms with Crippen molar-refractivity contribution in [3.05, 3.63) is 30.1 Å². The predicted octanol–water partition coefficient (Wildman–Crippen LogP) is 2.94. The van der Waals surface area contributed by atoms with Gasteiger partial charge in [0.25, 0.3) is 12.1 Å². The van der Waals surface area contributed by atoms with Crippen molar-refractivity contribution < 1.29 is 33.8 Å². The maximum absolute atomic E-state index is 12.0. The molecule has 1 aromatic rings. The van der Waals surface area contributed by atoms with E-state index in [1.807, 2.05) is 0 Å². The third kappa shape index (κ3) is 9.39. The molecule has 1 aromatic heterocycles. The minimum Gasteiger partial charge on any atom is -0.463 e. The third-order valence-corrected chi connectivity index (χ3v) is 6.13. The normalized spacial score (nSPS) is 22.4. The smallest absolute Gasteiger partial charge is 0.305 e. The molecule has 0 bridgehead atoms. The number of hydrogen-bond donors (Lipinski definition) is 3. The Kier molecular flexibility index (Phi) is 12.4. The molecule has 1 aliphatic rings. The Balaban J connectivity index is 1.60. The Morgan fingerprint density at radius 3 is 2.21 bits per heavy atom. The molecule has 4 N–H and O–H groups in total. The average Bonchev–Trinajstić information content (AvgIpc) is 3.10. The van der Waals surface area contributed by atoms with Gasteiger partial charge in [0.15, 0.2) is 18.5 Å². The van der Waals surface area contributed by atoms with Gasteiger partial charge in [-0.3, -0.25) is 9.59 Å². The van der Waals surface area contributed by atoms with Crippen molar-refractivity contribution >= 4 is 11.9 Å². The van der Waals surface area contributed by atoms with Crippen LogP contribution in [0.2, 0.25) is 0 Å². The van der Waals surface area contributed by atoms with E-state index in [2.05, 4.69) is 6.92 Å². The van der Waals surface area contributed by atoms with Gasteiger partial charge < -0.3 is 25.4 Å². The zero-order chi connectivity index (χ0) is 24.1. The van der Waals surface area contributed by atoms with Gasteiger partial charge in [0, 0.05) is 12.5 Å². The van der Waals surface area contributed by atoms with E-state index in [4.69, 9.17) is 15.2 Å². The van der Waals surface area contributed by atoms with Crippen LogP contribution in [0.15, 0.2) is 24.5 Å². The second kappa shape index (κ2) is 15.0. The van der Waals surface area contributed by atoms with Crippen molar-refractivity contribution in [2.24, 2.45) is 5.73 Å². The highest BCUT2D eigenvalue weighted by atomic mass is 16.6. The monoisotopic (exact) mass is 465 g/mol. The number of unbranched alkanes of at least 4 members (excludes halogenated alkanes) is 10. The summed E-state index contributed by atoms with van der Waals surface area (Å²) in [6.45, 7) is 2.09. The number of primary amides is 1. The molecule has 1 unspecified atom stereocenters. The molecular weight excluding hydrogens is 424 g/mol. The van der Waals surface area contributed by atoms with Crippen LogP contribution in [0, 0.1) is 0 Å². The number of rotatable bonds is 16. The molecule has 2 heterocycles. The summed E-state index contributed by atoms with van der Waals surface area (Å²) in [5.74, 6) is -0.937. The second-order valence-electron chi connectivity index (χ2n) is 8.92. The van der Waals surface area contributed by atoms with E-state index in [1.165, 1.54) is 62.1 Å². The van der Waals surface area contributed by atoms with Crippen molar-refractivity contribution in [1.82, 2.24) is 0 Å².